The maximum atomic E-state index is 9.53. The van der Waals surface area contributed by atoms with Crippen LogP contribution in [0.4, 0.5) is 0 Å². The fourth-order valence-corrected chi connectivity index (χ4v) is 2.95. The van der Waals surface area contributed by atoms with Gasteiger partial charge in [-0.25, -0.2) is 4.98 Å². The first-order valence-corrected chi connectivity index (χ1v) is 7.26. The van der Waals surface area contributed by atoms with E-state index in [0.29, 0.717) is 5.25 Å². The quantitative estimate of drug-likeness (QED) is 0.708. The maximum absolute atomic E-state index is 9.53. The summed E-state index contributed by atoms with van der Waals surface area (Å²) >= 11 is 1.69. The molecule has 2 N–H and O–H groups in total. The molecule has 2 atom stereocenters. The van der Waals surface area contributed by atoms with Crippen molar-refractivity contribution in [3.63, 3.8) is 0 Å². The molecule has 1 aromatic rings. The average Bonchev–Trinajstić information content (AvgIpc) is 2.37. The van der Waals surface area contributed by atoms with Gasteiger partial charge in [0.1, 0.15) is 5.03 Å². The van der Waals surface area contributed by atoms with Gasteiger partial charge in [-0.1, -0.05) is 13.8 Å². The highest BCUT2D eigenvalue weighted by molar-refractivity contribution is 7.99. The van der Waals surface area contributed by atoms with Gasteiger partial charge >= 0.3 is 0 Å². The lowest BCUT2D eigenvalue weighted by atomic mass is 9.97. The van der Waals surface area contributed by atoms with Gasteiger partial charge in [-0.05, 0) is 26.3 Å². The number of hydrogen-bond acceptors (Lipinski definition) is 5. The summed E-state index contributed by atoms with van der Waals surface area (Å²) in [5.41, 5.74) is -0.218. The molecule has 0 saturated carbocycles. The van der Waals surface area contributed by atoms with Crippen molar-refractivity contribution in [2.75, 3.05) is 13.2 Å². The second-order valence-electron chi connectivity index (χ2n) is 4.82. The Morgan fingerprint density at radius 1 is 1.50 bits per heavy atom. The molecule has 4 nitrogen and oxygen atoms in total. The standard InChI is InChI=1S/C13H23N3OS/c1-4-5-16-13(3,10-17)8-11(2)18-12-9-14-6-7-15-12/h6-7,9,11,16-17H,4-5,8,10H2,1-3H3. The molecule has 0 radical (unpaired) electrons. The zero-order valence-corrected chi connectivity index (χ0v) is 12.2. The Labute approximate surface area is 114 Å². The smallest absolute Gasteiger partial charge is 0.115 e. The normalized spacial score (nSPS) is 16.2. The highest BCUT2D eigenvalue weighted by atomic mass is 32.2. The van der Waals surface area contributed by atoms with E-state index in [1.54, 1.807) is 30.4 Å². The fraction of sp³-hybridized carbons (Fsp3) is 0.692. The Morgan fingerprint density at radius 3 is 2.83 bits per heavy atom. The Balaban J connectivity index is 2.49. The summed E-state index contributed by atoms with van der Waals surface area (Å²) in [6.45, 7) is 7.43. The first-order valence-electron chi connectivity index (χ1n) is 6.38. The van der Waals surface area contributed by atoms with Gasteiger partial charge in [0, 0.05) is 23.2 Å². The summed E-state index contributed by atoms with van der Waals surface area (Å²) in [4.78, 5) is 8.31. The molecule has 0 amide bonds. The van der Waals surface area contributed by atoms with Crippen LogP contribution in [-0.2, 0) is 0 Å². The van der Waals surface area contributed by atoms with E-state index in [9.17, 15) is 5.11 Å². The molecule has 0 aromatic carbocycles. The Morgan fingerprint density at radius 2 is 2.28 bits per heavy atom. The molecular formula is C13H23N3OS. The minimum absolute atomic E-state index is 0.151. The van der Waals surface area contributed by atoms with E-state index in [-0.39, 0.29) is 12.1 Å². The molecule has 5 heteroatoms. The predicted octanol–water partition coefficient (Wildman–Crippen LogP) is 2.10. The third-order valence-electron chi connectivity index (χ3n) is 2.75. The van der Waals surface area contributed by atoms with Gasteiger partial charge in [-0.3, -0.25) is 4.98 Å². The summed E-state index contributed by atoms with van der Waals surface area (Å²) < 4.78 is 0. The number of nitrogens with zero attached hydrogens (tertiary/aromatic N) is 2. The third kappa shape index (κ3) is 5.33. The number of hydrogen-bond donors (Lipinski definition) is 2. The fourth-order valence-electron chi connectivity index (χ4n) is 1.85. The van der Waals surface area contributed by atoms with Crippen molar-refractivity contribution in [2.45, 2.75) is 49.4 Å². The minimum atomic E-state index is -0.218. The molecule has 0 fully saturated rings. The van der Waals surface area contributed by atoms with E-state index in [1.807, 2.05) is 0 Å². The van der Waals surface area contributed by atoms with Gasteiger partial charge in [0.2, 0.25) is 0 Å². The van der Waals surface area contributed by atoms with Crippen molar-refractivity contribution < 1.29 is 5.11 Å². The molecule has 0 aliphatic heterocycles. The molecule has 0 spiro atoms. The largest absolute Gasteiger partial charge is 0.394 e. The molecule has 0 saturated heterocycles. The lowest BCUT2D eigenvalue weighted by Gasteiger charge is -2.31. The minimum Gasteiger partial charge on any atom is -0.394 e. The molecule has 102 valence electrons. The van der Waals surface area contributed by atoms with Gasteiger partial charge in [0.05, 0.1) is 12.8 Å². The first-order chi connectivity index (χ1) is 8.59. The van der Waals surface area contributed by atoms with Gasteiger partial charge in [0.25, 0.3) is 0 Å². The van der Waals surface area contributed by atoms with Gasteiger partial charge in [-0.15, -0.1) is 11.8 Å². The van der Waals surface area contributed by atoms with Crippen LogP contribution in [0.5, 0.6) is 0 Å². The highest BCUT2D eigenvalue weighted by Gasteiger charge is 2.25. The summed E-state index contributed by atoms with van der Waals surface area (Å²) in [5, 5.41) is 14.2. The van der Waals surface area contributed by atoms with Crippen LogP contribution in [0.15, 0.2) is 23.6 Å². The number of aliphatic hydroxyl groups excluding tert-OH is 1. The molecule has 1 aromatic heterocycles. The number of rotatable bonds is 8. The lowest BCUT2D eigenvalue weighted by molar-refractivity contribution is 0.166. The van der Waals surface area contributed by atoms with Crippen molar-refractivity contribution in [3.8, 4) is 0 Å². The van der Waals surface area contributed by atoms with Crippen LogP contribution in [-0.4, -0.2) is 39.0 Å². The topological polar surface area (TPSA) is 58.0 Å². The van der Waals surface area contributed by atoms with Crippen LogP contribution in [0.3, 0.4) is 0 Å². The number of thioether (sulfide) groups is 1. The van der Waals surface area contributed by atoms with E-state index in [1.165, 1.54) is 0 Å². The second-order valence-corrected chi connectivity index (χ2v) is 6.28. The first kappa shape index (κ1) is 15.4. The SMILES string of the molecule is CCCNC(C)(CO)CC(C)Sc1cnccn1. The van der Waals surface area contributed by atoms with Crippen LogP contribution in [0.1, 0.15) is 33.6 Å². The zero-order chi connectivity index (χ0) is 13.4. The predicted molar refractivity (Wildman–Crippen MR) is 75.8 cm³/mol. The summed E-state index contributed by atoms with van der Waals surface area (Å²) in [6, 6.07) is 0. The van der Waals surface area contributed by atoms with E-state index >= 15 is 0 Å². The zero-order valence-electron chi connectivity index (χ0n) is 11.4. The third-order valence-corrected chi connectivity index (χ3v) is 3.77. The second kappa shape index (κ2) is 7.71. The monoisotopic (exact) mass is 269 g/mol. The van der Waals surface area contributed by atoms with Crippen LogP contribution >= 0.6 is 11.8 Å². The summed E-state index contributed by atoms with van der Waals surface area (Å²) in [7, 11) is 0. The molecule has 1 rings (SSSR count). The number of nitrogens with one attached hydrogen (secondary N) is 1. The van der Waals surface area contributed by atoms with E-state index in [4.69, 9.17) is 0 Å². The average molecular weight is 269 g/mol. The highest BCUT2D eigenvalue weighted by Crippen LogP contribution is 2.26. The van der Waals surface area contributed by atoms with Crippen molar-refractivity contribution in [2.24, 2.45) is 0 Å². The van der Waals surface area contributed by atoms with Crippen molar-refractivity contribution in [1.29, 1.82) is 0 Å². The van der Waals surface area contributed by atoms with Gasteiger partial charge < -0.3 is 10.4 Å². The van der Waals surface area contributed by atoms with Crippen molar-refractivity contribution in [1.82, 2.24) is 15.3 Å². The van der Waals surface area contributed by atoms with E-state index in [2.05, 4.69) is 36.1 Å². The summed E-state index contributed by atoms with van der Waals surface area (Å²) in [6.07, 6.45) is 7.12. The molecular weight excluding hydrogens is 246 g/mol. The van der Waals surface area contributed by atoms with E-state index < -0.39 is 0 Å². The molecule has 1 heterocycles. The lowest BCUT2D eigenvalue weighted by Crippen LogP contribution is -2.47. The molecule has 0 aliphatic rings. The van der Waals surface area contributed by atoms with Gasteiger partial charge in [-0.2, -0.15) is 0 Å². The van der Waals surface area contributed by atoms with Crippen LogP contribution < -0.4 is 5.32 Å². The van der Waals surface area contributed by atoms with E-state index in [0.717, 1.165) is 24.4 Å². The maximum Gasteiger partial charge on any atom is 0.115 e. The Kier molecular flexibility index (Phi) is 6.60. The molecule has 2 unspecified atom stereocenters. The van der Waals surface area contributed by atoms with Crippen LogP contribution in [0, 0.1) is 0 Å². The van der Waals surface area contributed by atoms with Crippen LogP contribution in [0.25, 0.3) is 0 Å². The molecule has 0 aliphatic carbocycles. The number of aromatic nitrogens is 2. The van der Waals surface area contributed by atoms with Gasteiger partial charge in [0.15, 0.2) is 0 Å². The van der Waals surface area contributed by atoms with Crippen molar-refractivity contribution >= 4 is 11.8 Å². The molecule has 18 heavy (non-hydrogen) atoms. The van der Waals surface area contributed by atoms with Crippen LogP contribution in [0.2, 0.25) is 0 Å². The van der Waals surface area contributed by atoms with Crippen molar-refractivity contribution in [3.05, 3.63) is 18.6 Å². The Hall–Kier alpha value is -0.650. The molecule has 0 bridgehead atoms. The number of aliphatic hydroxyl groups is 1. The Bertz CT molecular complexity index is 336. The summed E-state index contributed by atoms with van der Waals surface area (Å²) in [5.74, 6) is 0.